The van der Waals surface area contributed by atoms with Gasteiger partial charge in [0.15, 0.2) is 0 Å². The van der Waals surface area contributed by atoms with Gasteiger partial charge >= 0.3 is 0 Å². The molecule has 3 heteroatoms. The van der Waals surface area contributed by atoms with Gasteiger partial charge in [-0.2, -0.15) is 0 Å². The zero-order chi connectivity index (χ0) is 14.8. The van der Waals surface area contributed by atoms with Crippen LogP contribution in [0.25, 0.3) is 0 Å². The van der Waals surface area contributed by atoms with Gasteiger partial charge in [0.2, 0.25) is 0 Å². The Kier molecular flexibility index (Phi) is 5.14. The Hall–Kier alpha value is -0.120. The fourth-order valence-electron chi connectivity index (χ4n) is 4.10. The van der Waals surface area contributed by atoms with Crippen molar-refractivity contribution in [1.29, 1.82) is 0 Å². The largest absolute Gasteiger partial charge is 0.375 e. The third-order valence-corrected chi connectivity index (χ3v) is 5.43. The smallest absolute Gasteiger partial charge is 0.0641 e. The van der Waals surface area contributed by atoms with Crippen LogP contribution in [0.2, 0.25) is 0 Å². The maximum atomic E-state index is 5.83. The minimum Gasteiger partial charge on any atom is -0.375 e. The van der Waals surface area contributed by atoms with Crippen LogP contribution < -0.4 is 5.32 Å². The number of rotatable bonds is 4. The molecule has 1 N–H and O–H groups in total. The molecule has 0 amide bonds. The SMILES string of the molecule is CC1CCCC(CNC2CCOC(C)(C)C2)(N(C)C)C1. The Morgan fingerprint density at radius 2 is 1.95 bits per heavy atom. The summed E-state index contributed by atoms with van der Waals surface area (Å²) in [4.78, 5) is 2.47. The van der Waals surface area contributed by atoms with Crippen molar-refractivity contribution >= 4 is 0 Å². The molecular formula is C17H34N2O. The maximum absolute atomic E-state index is 5.83. The van der Waals surface area contributed by atoms with Crippen molar-refractivity contribution in [1.82, 2.24) is 10.2 Å². The van der Waals surface area contributed by atoms with Gasteiger partial charge in [0.1, 0.15) is 0 Å². The lowest BCUT2D eigenvalue weighted by atomic mass is 9.75. The van der Waals surface area contributed by atoms with Crippen molar-refractivity contribution in [2.24, 2.45) is 5.92 Å². The van der Waals surface area contributed by atoms with Gasteiger partial charge < -0.3 is 15.0 Å². The quantitative estimate of drug-likeness (QED) is 0.858. The Labute approximate surface area is 125 Å². The Balaban J connectivity index is 1.92. The van der Waals surface area contributed by atoms with Gasteiger partial charge in [-0.1, -0.05) is 19.8 Å². The monoisotopic (exact) mass is 282 g/mol. The second-order valence-electron chi connectivity index (χ2n) is 8.00. The van der Waals surface area contributed by atoms with E-state index in [1.54, 1.807) is 0 Å². The van der Waals surface area contributed by atoms with Crippen LogP contribution in [0.15, 0.2) is 0 Å². The third-order valence-electron chi connectivity index (χ3n) is 5.43. The van der Waals surface area contributed by atoms with Gasteiger partial charge in [0.25, 0.3) is 0 Å². The molecule has 0 aromatic carbocycles. The van der Waals surface area contributed by atoms with Crippen LogP contribution in [0.4, 0.5) is 0 Å². The summed E-state index contributed by atoms with van der Waals surface area (Å²) in [6.07, 6.45) is 7.73. The fourth-order valence-corrected chi connectivity index (χ4v) is 4.10. The molecule has 2 rings (SSSR count). The first-order chi connectivity index (χ1) is 9.33. The van der Waals surface area contributed by atoms with Crippen LogP contribution in [-0.4, -0.2) is 49.3 Å². The molecule has 1 heterocycles. The zero-order valence-electron chi connectivity index (χ0n) is 14.2. The molecule has 3 unspecified atom stereocenters. The molecule has 0 aromatic heterocycles. The minimum absolute atomic E-state index is 0.0427. The third kappa shape index (κ3) is 3.96. The Morgan fingerprint density at radius 1 is 1.20 bits per heavy atom. The van der Waals surface area contributed by atoms with E-state index in [1.165, 1.54) is 25.7 Å². The summed E-state index contributed by atoms with van der Waals surface area (Å²) < 4.78 is 5.83. The average Bonchev–Trinajstić information content (AvgIpc) is 2.35. The van der Waals surface area contributed by atoms with Crippen LogP contribution in [0.5, 0.6) is 0 Å². The second-order valence-corrected chi connectivity index (χ2v) is 8.00. The van der Waals surface area contributed by atoms with Crippen molar-refractivity contribution in [3.8, 4) is 0 Å². The molecule has 1 saturated heterocycles. The van der Waals surface area contributed by atoms with Gasteiger partial charge in [0, 0.05) is 24.7 Å². The lowest BCUT2D eigenvalue weighted by molar-refractivity contribution is -0.0650. The minimum atomic E-state index is 0.0427. The molecule has 2 aliphatic rings. The highest BCUT2D eigenvalue weighted by Crippen LogP contribution is 2.35. The molecule has 3 nitrogen and oxygen atoms in total. The van der Waals surface area contributed by atoms with Crippen LogP contribution in [-0.2, 0) is 4.74 Å². The zero-order valence-corrected chi connectivity index (χ0v) is 14.2. The van der Waals surface area contributed by atoms with Crippen molar-refractivity contribution in [3.05, 3.63) is 0 Å². The van der Waals surface area contributed by atoms with Crippen molar-refractivity contribution in [2.75, 3.05) is 27.2 Å². The van der Waals surface area contributed by atoms with Crippen molar-refractivity contribution in [3.63, 3.8) is 0 Å². The predicted molar refractivity (Wildman–Crippen MR) is 85.1 cm³/mol. The summed E-state index contributed by atoms with van der Waals surface area (Å²) in [5.41, 5.74) is 0.404. The summed E-state index contributed by atoms with van der Waals surface area (Å²) in [6.45, 7) is 8.87. The van der Waals surface area contributed by atoms with E-state index >= 15 is 0 Å². The van der Waals surface area contributed by atoms with Gasteiger partial charge in [0.05, 0.1) is 5.60 Å². The molecule has 1 aliphatic heterocycles. The van der Waals surface area contributed by atoms with Crippen LogP contribution >= 0.6 is 0 Å². The topological polar surface area (TPSA) is 24.5 Å². The van der Waals surface area contributed by atoms with Crippen LogP contribution in [0.3, 0.4) is 0 Å². The summed E-state index contributed by atoms with van der Waals surface area (Å²) in [7, 11) is 4.52. The van der Waals surface area contributed by atoms with E-state index in [2.05, 4.69) is 45.1 Å². The molecule has 20 heavy (non-hydrogen) atoms. The first-order valence-electron chi connectivity index (χ1n) is 8.38. The number of hydrogen-bond acceptors (Lipinski definition) is 3. The Morgan fingerprint density at radius 3 is 2.55 bits per heavy atom. The average molecular weight is 282 g/mol. The van der Waals surface area contributed by atoms with E-state index in [9.17, 15) is 0 Å². The van der Waals surface area contributed by atoms with E-state index in [0.29, 0.717) is 11.6 Å². The van der Waals surface area contributed by atoms with Crippen LogP contribution in [0.1, 0.15) is 59.3 Å². The summed E-state index contributed by atoms with van der Waals surface area (Å²) in [5.74, 6) is 0.860. The highest BCUT2D eigenvalue weighted by molar-refractivity contribution is 4.96. The molecule has 0 bridgehead atoms. The second kappa shape index (κ2) is 6.33. The van der Waals surface area contributed by atoms with E-state index < -0.39 is 0 Å². The molecule has 1 saturated carbocycles. The van der Waals surface area contributed by atoms with Gasteiger partial charge in [-0.25, -0.2) is 0 Å². The first kappa shape index (κ1) is 16.3. The predicted octanol–water partition coefficient (Wildman–Crippen LogP) is 3.04. The first-order valence-corrected chi connectivity index (χ1v) is 8.38. The fraction of sp³-hybridized carbons (Fsp3) is 1.00. The van der Waals surface area contributed by atoms with E-state index in [0.717, 1.165) is 31.9 Å². The van der Waals surface area contributed by atoms with E-state index in [-0.39, 0.29) is 5.60 Å². The summed E-state index contributed by atoms with van der Waals surface area (Å²) in [5, 5.41) is 3.87. The van der Waals surface area contributed by atoms with Gasteiger partial charge in [-0.05, 0) is 59.5 Å². The highest BCUT2D eigenvalue weighted by Gasteiger charge is 2.38. The number of ether oxygens (including phenoxy) is 1. The molecule has 3 atom stereocenters. The molecule has 118 valence electrons. The van der Waals surface area contributed by atoms with Crippen LogP contribution in [0, 0.1) is 5.92 Å². The van der Waals surface area contributed by atoms with Crippen molar-refractivity contribution in [2.45, 2.75) is 76.5 Å². The molecule has 1 aliphatic carbocycles. The molecule has 0 radical (unpaired) electrons. The molecule has 0 aromatic rings. The standard InChI is InChI=1S/C17H34N2O/c1-14-7-6-9-17(11-14,19(4)5)13-18-15-8-10-20-16(2,3)12-15/h14-15,18H,6-13H2,1-5H3. The normalized spacial score (nSPS) is 38.1. The van der Waals surface area contributed by atoms with E-state index in [4.69, 9.17) is 4.74 Å². The molecule has 2 fully saturated rings. The number of nitrogens with zero attached hydrogens (tertiary/aromatic N) is 1. The lowest BCUT2D eigenvalue weighted by Crippen LogP contribution is -2.57. The lowest BCUT2D eigenvalue weighted by Gasteiger charge is -2.47. The Bertz CT molecular complexity index is 316. The van der Waals surface area contributed by atoms with Gasteiger partial charge in [-0.3, -0.25) is 0 Å². The summed E-state index contributed by atoms with van der Waals surface area (Å²) >= 11 is 0. The number of likely N-dealkylation sites (N-methyl/N-ethyl adjacent to an activating group) is 1. The summed E-state index contributed by atoms with van der Waals surface area (Å²) in [6, 6.07) is 0.618. The van der Waals surface area contributed by atoms with E-state index in [1.807, 2.05) is 0 Å². The van der Waals surface area contributed by atoms with Crippen molar-refractivity contribution < 1.29 is 4.74 Å². The maximum Gasteiger partial charge on any atom is 0.0641 e. The molecular weight excluding hydrogens is 248 g/mol. The highest BCUT2D eigenvalue weighted by atomic mass is 16.5. The molecule has 0 spiro atoms. The number of hydrogen-bond donors (Lipinski definition) is 1. The number of nitrogens with one attached hydrogen (secondary N) is 1. The van der Waals surface area contributed by atoms with Gasteiger partial charge in [-0.15, -0.1) is 0 Å².